The molecule has 0 aromatic heterocycles. The number of ether oxygens (including phenoxy) is 1. The SMILES string of the molecule is COc1ccccc1[C@H](C)NC1CCC(C)(C)C1. The Morgan fingerprint density at radius 2 is 2.06 bits per heavy atom. The van der Waals surface area contributed by atoms with Gasteiger partial charge in [-0.2, -0.15) is 0 Å². The van der Waals surface area contributed by atoms with Crippen molar-refractivity contribution in [2.75, 3.05) is 7.11 Å². The maximum atomic E-state index is 5.43. The molecular formula is C16H25NO. The fourth-order valence-electron chi connectivity index (χ4n) is 3.05. The van der Waals surface area contributed by atoms with Gasteiger partial charge in [-0.1, -0.05) is 32.0 Å². The van der Waals surface area contributed by atoms with Crippen LogP contribution in [0.15, 0.2) is 24.3 Å². The lowest BCUT2D eigenvalue weighted by atomic mass is 9.91. The molecule has 2 rings (SSSR count). The Labute approximate surface area is 111 Å². The summed E-state index contributed by atoms with van der Waals surface area (Å²) in [4.78, 5) is 0. The van der Waals surface area contributed by atoms with Crippen LogP contribution in [0.5, 0.6) is 5.75 Å². The molecule has 0 aliphatic heterocycles. The molecule has 1 aromatic rings. The van der Waals surface area contributed by atoms with Crippen LogP contribution < -0.4 is 10.1 Å². The molecule has 1 saturated carbocycles. The molecule has 1 fully saturated rings. The molecule has 1 N–H and O–H groups in total. The van der Waals surface area contributed by atoms with E-state index in [1.54, 1.807) is 7.11 Å². The van der Waals surface area contributed by atoms with E-state index >= 15 is 0 Å². The van der Waals surface area contributed by atoms with Gasteiger partial charge in [0.1, 0.15) is 5.75 Å². The molecule has 18 heavy (non-hydrogen) atoms. The van der Waals surface area contributed by atoms with E-state index in [-0.39, 0.29) is 0 Å². The largest absolute Gasteiger partial charge is 0.496 e. The maximum Gasteiger partial charge on any atom is 0.123 e. The van der Waals surface area contributed by atoms with E-state index in [2.05, 4.69) is 38.2 Å². The van der Waals surface area contributed by atoms with Gasteiger partial charge in [0.2, 0.25) is 0 Å². The highest BCUT2D eigenvalue weighted by molar-refractivity contribution is 5.35. The highest BCUT2D eigenvalue weighted by atomic mass is 16.5. The molecule has 0 radical (unpaired) electrons. The summed E-state index contributed by atoms with van der Waals surface area (Å²) < 4.78 is 5.43. The third-order valence-corrected chi connectivity index (χ3v) is 4.06. The highest BCUT2D eigenvalue weighted by Crippen LogP contribution is 2.38. The average molecular weight is 247 g/mol. The van der Waals surface area contributed by atoms with E-state index < -0.39 is 0 Å². The zero-order valence-corrected chi connectivity index (χ0v) is 12.0. The molecule has 100 valence electrons. The fraction of sp³-hybridized carbons (Fsp3) is 0.625. The van der Waals surface area contributed by atoms with Crippen molar-refractivity contribution < 1.29 is 4.74 Å². The zero-order valence-electron chi connectivity index (χ0n) is 12.0. The Bertz CT molecular complexity index is 400. The van der Waals surface area contributed by atoms with E-state index in [1.165, 1.54) is 24.8 Å². The van der Waals surface area contributed by atoms with Gasteiger partial charge in [0.25, 0.3) is 0 Å². The summed E-state index contributed by atoms with van der Waals surface area (Å²) in [5, 5.41) is 3.75. The first-order valence-electron chi connectivity index (χ1n) is 6.91. The smallest absolute Gasteiger partial charge is 0.123 e. The Morgan fingerprint density at radius 3 is 2.67 bits per heavy atom. The van der Waals surface area contributed by atoms with Crippen LogP contribution >= 0.6 is 0 Å². The fourth-order valence-corrected chi connectivity index (χ4v) is 3.05. The Morgan fingerprint density at radius 1 is 1.33 bits per heavy atom. The van der Waals surface area contributed by atoms with Crippen LogP contribution in [0.1, 0.15) is 51.6 Å². The van der Waals surface area contributed by atoms with Gasteiger partial charge in [-0.15, -0.1) is 0 Å². The molecule has 1 aliphatic rings. The van der Waals surface area contributed by atoms with E-state index in [0.717, 1.165) is 5.75 Å². The van der Waals surface area contributed by atoms with E-state index in [9.17, 15) is 0 Å². The summed E-state index contributed by atoms with van der Waals surface area (Å²) in [6, 6.07) is 9.27. The van der Waals surface area contributed by atoms with Crippen LogP contribution in [0.2, 0.25) is 0 Å². The van der Waals surface area contributed by atoms with Gasteiger partial charge in [0, 0.05) is 17.6 Å². The molecule has 0 amide bonds. The van der Waals surface area contributed by atoms with E-state index in [4.69, 9.17) is 4.74 Å². The van der Waals surface area contributed by atoms with Crippen LogP contribution in [0.4, 0.5) is 0 Å². The second kappa shape index (κ2) is 5.31. The third-order valence-electron chi connectivity index (χ3n) is 4.06. The molecule has 1 aromatic carbocycles. The van der Waals surface area contributed by atoms with Crippen molar-refractivity contribution in [2.45, 2.75) is 52.1 Å². The van der Waals surface area contributed by atoms with Crippen LogP contribution in [0, 0.1) is 5.41 Å². The topological polar surface area (TPSA) is 21.3 Å². The Hall–Kier alpha value is -1.02. The number of rotatable bonds is 4. The summed E-state index contributed by atoms with van der Waals surface area (Å²) in [6.45, 7) is 6.95. The van der Waals surface area contributed by atoms with Crippen molar-refractivity contribution >= 4 is 0 Å². The highest BCUT2D eigenvalue weighted by Gasteiger charge is 2.31. The van der Waals surface area contributed by atoms with E-state index in [1.807, 2.05) is 12.1 Å². The predicted octanol–water partition coefficient (Wildman–Crippen LogP) is 3.92. The molecule has 2 atom stereocenters. The van der Waals surface area contributed by atoms with Crippen LogP contribution in [-0.2, 0) is 0 Å². The van der Waals surface area contributed by atoms with Gasteiger partial charge in [-0.3, -0.25) is 0 Å². The molecule has 0 spiro atoms. The first-order valence-corrected chi connectivity index (χ1v) is 6.91. The van der Waals surface area contributed by atoms with Crippen molar-refractivity contribution in [3.8, 4) is 5.75 Å². The van der Waals surface area contributed by atoms with Gasteiger partial charge in [-0.25, -0.2) is 0 Å². The maximum absolute atomic E-state index is 5.43. The first-order chi connectivity index (χ1) is 8.52. The second-order valence-electron chi connectivity index (χ2n) is 6.23. The molecule has 0 bridgehead atoms. The molecule has 2 nitrogen and oxygen atoms in total. The summed E-state index contributed by atoms with van der Waals surface area (Å²) in [6.07, 6.45) is 3.88. The van der Waals surface area contributed by atoms with Crippen molar-refractivity contribution in [1.82, 2.24) is 5.32 Å². The third kappa shape index (κ3) is 3.05. The van der Waals surface area contributed by atoms with Gasteiger partial charge in [-0.05, 0) is 37.7 Å². The summed E-state index contributed by atoms with van der Waals surface area (Å²) in [5.74, 6) is 0.981. The number of nitrogens with one attached hydrogen (secondary N) is 1. The second-order valence-corrected chi connectivity index (χ2v) is 6.23. The monoisotopic (exact) mass is 247 g/mol. The minimum Gasteiger partial charge on any atom is -0.496 e. The minimum atomic E-state index is 0.347. The lowest BCUT2D eigenvalue weighted by Crippen LogP contribution is -2.30. The quantitative estimate of drug-likeness (QED) is 0.870. The first kappa shape index (κ1) is 13.4. The van der Waals surface area contributed by atoms with Gasteiger partial charge in [0.05, 0.1) is 7.11 Å². The number of para-hydroxylation sites is 1. The molecule has 0 heterocycles. The van der Waals surface area contributed by atoms with Crippen molar-refractivity contribution in [1.29, 1.82) is 0 Å². The summed E-state index contributed by atoms with van der Waals surface area (Å²) in [5.41, 5.74) is 1.75. The van der Waals surface area contributed by atoms with Gasteiger partial charge in [0.15, 0.2) is 0 Å². The molecule has 2 heteroatoms. The lowest BCUT2D eigenvalue weighted by molar-refractivity contribution is 0.352. The van der Waals surface area contributed by atoms with Gasteiger partial charge < -0.3 is 10.1 Å². The van der Waals surface area contributed by atoms with Crippen LogP contribution in [0.25, 0.3) is 0 Å². The van der Waals surface area contributed by atoms with Crippen LogP contribution in [0.3, 0.4) is 0 Å². The number of hydrogen-bond donors (Lipinski definition) is 1. The normalized spacial score (nSPS) is 23.9. The zero-order chi connectivity index (χ0) is 13.2. The van der Waals surface area contributed by atoms with Crippen LogP contribution in [-0.4, -0.2) is 13.2 Å². The lowest BCUT2D eigenvalue weighted by Gasteiger charge is -2.23. The van der Waals surface area contributed by atoms with Gasteiger partial charge >= 0.3 is 0 Å². The predicted molar refractivity (Wildman–Crippen MR) is 76.0 cm³/mol. The number of benzene rings is 1. The summed E-state index contributed by atoms with van der Waals surface area (Å²) in [7, 11) is 1.74. The standard InChI is InChI=1S/C16H25NO/c1-12(14-7-5-6-8-15(14)18-4)17-13-9-10-16(2,3)11-13/h5-8,12-13,17H,9-11H2,1-4H3/t12-,13?/m0/s1. The average Bonchev–Trinajstić information content (AvgIpc) is 2.68. The molecule has 1 aliphatic carbocycles. The Balaban J connectivity index is 2.02. The number of methoxy groups -OCH3 is 1. The van der Waals surface area contributed by atoms with Crippen molar-refractivity contribution in [3.63, 3.8) is 0 Å². The summed E-state index contributed by atoms with van der Waals surface area (Å²) >= 11 is 0. The van der Waals surface area contributed by atoms with Crippen molar-refractivity contribution in [2.24, 2.45) is 5.41 Å². The molecule has 0 saturated heterocycles. The van der Waals surface area contributed by atoms with Crippen molar-refractivity contribution in [3.05, 3.63) is 29.8 Å². The van der Waals surface area contributed by atoms with E-state index in [0.29, 0.717) is 17.5 Å². The molecular weight excluding hydrogens is 222 g/mol. The number of hydrogen-bond acceptors (Lipinski definition) is 2. The molecule has 1 unspecified atom stereocenters. The Kier molecular flexibility index (Phi) is 3.96. The minimum absolute atomic E-state index is 0.347.